The van der Waals surface area contributed by atoms with Gasteiger partial charge in [-0.1, -0.05) is 60.7 Å². The zero-order valence-corrected chi connectivity index (χ0v) is 13.5. The summed E-state index contributed by atoms with van der Waals surface area (Å²) in [7, 11) is 1.21. The second-order valence-electron chi connectivity index (χ2n) is 5.54. The minimum Gasteiger partial charge on any atom is -0.467 e. The molecule has 0 amide bonds. The molecular weight excluding hydrogens is 293 g/mol. The maximum Gasteiger partial charge on any atom is 0.342 e. The van der Waals surface area contributed by atoms with E-state index in [1.54, 1.807) is 6.92 Å². The largest absolute Gasteiger partial charge is 0.467 e. The zero-order valence-electron chi connectivity index (χ0n) is 13.5. The molecule has 4 heteroatoms. The second-order valence-corrected chi connectivity index (χ2v) is 5.54. The number of nitrogens with zero attached hydrogens (tertiary/aromatic N) is 1. The summed E-state index contributed by atoms with van der Waals surface area (Å²) in [5.41, 5.74) is 2.15. The van der Waals surface area contributed by atoms with Gasteiger partial charge in [0.25, 0.3) is 0 Å². The number of benzene rings is 2. The van der Waals surface area contributed by atoms with Crippen LogP contribution >= 0.6 is 0 Å². The van der Waals surface area contributed by atoms with Crippen molar-refractivity contribution in [1.82, 2.24) is 4.90 Å². The van der Waals surface area contributed by atoms with Gasteiger partial charge in [0.2, 0.25) is 6.17 Å². The summed E-state index contributed by atoms with van der Waals surface area (Å²) in [6, 6.07) is 19.1. The fourth-order valence-corrected chi connectivity index (χ4v) is 2.47. The van der Waals surface area contributed by atoms with Gasteiger partial charge in [0.05, 0.1) is 7.11 Å². The van der Waals surface area contributed by atoms with E-state index in [-0.39, 0.29) is 0 Å². The third-order valence-electron chi connectivity index (χ3n) is 3.88. The van der Waals surface area contributed by atoms with Crippen LogP contribution in [0.1, 0.15) is 18.1 Å². The van der Waals surface area contributed by atoms with Crippen LogP contribution in [0, 0.1) is 0 Å². The van der Waals surface area contributed by atoms with Crippen molar-refractivity contribution in [3.05, 3.63) is 71.8 Å². The first kappa shape index (κ1) is 17.2. The molecule has 0 bridgehead atoms. The number of methoxy groups -OCH3 is 1. The molecule has 3 nitrogen and oxygen atoms in total. The van der Waals surface area contributed by atoms with Gasteiger partial charge in [-0.15, -0.1) is 0 Å². The molecule has 0 radical (unpaired) electrons. The van der Waals surface area contributed by atoms with Gasteiger partial charge in [-0.3, -0.25) is 4.90 Å². The molecule has 2 aromatic carbocycles. The van der Waals surface area contributed by atoms with Crippen LogP contribution in [0.5, 0.6) is 0 Å². The minimum atomic E-state index is -1.67. The molecule has 2 atom stereocenters. The third-order valence-corrected chi connectivity index (χ3v) is 3.88. The van der Waals surface area contributed by atoms with Crippen LogP contribution in [-0.2, 0) is 22.6 Å². The number of halogens is 1. The number of rotatable bonds is 7. The van der Waals surface area contributed by atoms with Gasteiger partial charge in [0.15, 0.2) is 0 Å². The lowest BCUT2D eigenvalue weighted by Crippen LogP contribution is -2.42. The monoisotopic (exact) mass is 315 g/mol. The number of alkyl halides is 1. The van der Waals surface area contributed by atoms with Gasteiger partial charge >= 0.3 is 5.97 Å². The Kier molecular flexibility index (Phi) is 6.29. The molecule has 122 valence electrons. The molecule has 2 rings (SSSR count). The van der Waals surface area contributed by atoms with Gasteiger partial charge in [0.1, 0.15) is 0 Å². The van der Waals surface area contributed by atoms with Crippen LogP contribution in [0.4, 0.5) is 4.39 Å². The van der Waals surface area contributed by atoms with Crippen molar-refractivity contribution >= 4 is 5.97 Å². The van der Waals surface area contributed by atoms with E-state index in [0.717, 1.165) is 11.1 Å². The fraction of sp³-hybridized carbons (Fsp3) is 0.316. The lowest BCUT2D eigenvalue weighted by atomic mass is 10.1. The highest BCUT2D eigenvalue weighted by Gasteiger charge is 2.30. The molecule has 2 aromatic rings. The predicted molar refractivity (Wildman–Crippen MR) is 88.5 cm³/mol. The number of ether oxygens (including phenoxy) is 1. The normalized spacial score (nSPS) is 13.6. The van der Waals surface area contributed by atoms with Crippen LogP contribution in [-0.4, -0.2) is 30.2 Å². The number of esters is 1. The maximum atomic E-state index is 14.3. The molecule has 0 saturated heterocycles. The van der Waals surface area contributed by atoms with E-state index in [1.807, 2.05) is 65.6 Å². The van der Waals surface area contributed by atoms with Gasteiger partial charge < -0.3 is 4.74 Å². The summed E-state index contributed by atoms with van der Waals surface area (Å²) in [5, 5.41) is 0. The molecule has 0 N–H and O–H groups in total. The van der Waals surface area contributed by atoms with Gasteiger partial charge in [-0.2, -0.15) is 0 Å². The lowest BCUT2D eigenvalue weighted by molar-refractivity contribution is -0.149. The lowest BCUT2D eigenvalue weighted by Gasteiger charge is -2.30. The average molecular weight is 315 g/mol. The van der Waals surface area contributed by atoms with E-state index in [1.165, 1.54) is 7.11 Å². The van der Waals surface area contributed by atoms with Crippen molar-refractivity contribution in [3.63, 3.8) is 0 Å². The summed E-state index contributed by atoms with van der Waals surface area (Å²) in [6.07, 6.45) is -1.67. The Morgan fingerprint density at radius 1 is 1.00 bits per heavy atom. The SMILES string of the molecule is COC(=O)[C@H](F)C(C)N(Cc1ccccc1)Cc1ccccc1. The molecular formula is C19H22FNO2. The Balaban J connectivity index is 2.18. The van der Waals surface area contributed by atoms with Crippen LogP contribution in [0.15, 0.2) is 60.7 Å². The molecule has 0 aliphatic carbocycles. The Labute approximate surface area is 136 Å². The maximum absolute atomic E-state index is 14.3. The van der Waals surface area contributed by atoms with Crippen molar-refractivity contribution in [2.24, 2.45) is 0 Å². The summed E-state index contributed by atoms with van der Waals surface area (Å²) >= 11 is 0. The Morgan fingerprint density at radius 3 is 1.83 bits per heavy atom. The van der Waals surface area contributed by atoms with Crippen molar-refractivity contribution in [1.29, 1.82) is 0 Å². The molecule has 0 saturated carbocycles. The Hall–Kier alpha value is -2.20. The van der Waals surface area contributed by atoms with E-state index in [4.69, 9.17) is 0 Å². The molecule has 0 spiro atoms. The number of carbonyl (C=O) groups is 1. The number of carbonyl (C=O) groups excluding carboxylic acids is 1. The summed E-state index contributed by atoms with van der Waals surface area (Å²) in [6.45, 7) is 2.84. The minimum absolute atomic E-state index is 0.564. The van der Waals surface area contributed by atoms with Crippen LogP contribution in [0.25, 0.3) is 0 Å². The number of hydrogen-bond acceptors (Lipinski definition) is 3. The zero-order chi connectivity index (χ0) is 16.7. The number of hydrogen-bond donors (Lipinski definition) is 0. The molecule has 1 unspecified atom stereocenters. The van der Waals surface area contributed by atoms with Gasteiger partial charge in [0, 0.05) is 19.1 Å². The van der Waals surface area contributed by atoms with Crippen LogP contribution in [0.2, 0.25) is 0 Å². The standard InChI is InChI=1S/C19H22FNO2/c1-15(18(20)19(22)23-2)21(13-16-9-5-3-6-10-16)14-17-11-7-4-8-12-17/h3-12,15,18H,13-14H2,1-2H3/t15?,18-/m1/s1. The third kappa shape index (κ3) is 4.89. The fourth-order valence-electron chi connectivity index (χ4n) is 2.47. The summed E-state index contributed by atoms with van der Waals surface area (Å²) < 4.78 is 18.9. The Morgan fingerprint density at radius 2 is 1.43 bits per heavy atom. The highest BCUT2D eigenvalue weighted by Crippen LogP contribution is 2.17. The predicted octanol–water partition coefficient (Wildman–Crippen LogP) is 3.59. The van der Waals surface area contributed by atoms with Crippen molar-refractivity contribution in [3.8, 4) is 0 Å². The van der Waals surface area contributed by atoms with Crippen LogP contribution in [0.3, 0.4) is 0 Å². The summed E-state index contributed by atoms with van der Waals surface area (Å²) in [5.74, 6) is -0.830. The van der Waals surface area contributed by atoms with Crippen LogP contribution < -0.4 is 0 Å². The van der Waals surface area contributed by atoms with E-state index in [0.29, 0.717) is 13.1 Å². The molecule has 0 aliphatic rings. The second kappa shape index (κ2) is 8.44. The smallest absolute Gasteiger partial charge is 0.342 e. The van der Waals surface area contributed by atoms with E-state index in [9.17, 15) is 9.18 Å². The summed E-state index contributed by atoms with van der Waals surface area (Å²) in [4.78, 5) is 13.5. The quantitative estimate of drug-likeness (QED) is 0.731. The van der Waals surface area contributed by atoms with Gasteiger partial charge in [-0.05, 0) is 18.1 Å². The molecule has 0 aromatic heterocycles. The first-order valence-corrected chi connectivity index (χ1v) is 7.65. The van der Waals surface area contributed by atoms with Crippen molar-refractivity contribution in [2.45, 2.75) is 32.2 Å². The molecule has 0 heterocycles. The van der Waals surface area contributed by atoms with E-state index in [2.05, 4.69) is 4.74 Å². The van der Waals surface area contributed by atoms with Crippen molar-refractivity contribution in [2.75, 3.05) is 7.11 Å². The Bertz CT molecular complexity index is 562. The van der Waals surface area contributed by atoms with Crippen molar-refractivity contribution < 1.29 is 13.9 Å². The molecule has 0 fully saturated rings. The van der Waals surface area contributed by atoms with Gasteiger partial charge in [-0.25, -0.2) is 9.18 Å². The van der Waals surface area contributed by atoms with E-state index >= 15 is 0 Å². The first-order chi connectivity index (χ1) is 11.1. The molecule has 0 aliphatic heterocycles. The van der Waals surface area contributed by atoms with E-state index < -0.39 is 18.2 Å². The highest BCUT2D eigenvalue weighted by molar-refractivity contribution is 5.75. The average Bonchev–Trinajstić information content (AvgIpc) is 2.61. The topological polar surface area (TPSA) is 29.5 Å². The highest BCUT2D eigenvalue weighted by atomic mass is 19.1. The first-order valence-electron chi connectivity index (χ1n) is 7.65. The molecule has 23 heavy (non-hydrogen) atoms.